The van der Waals surface area contributed by atoms with Gasteiger partial charge < -0.3 is 4.74 Å². The lowest BCUT2D eigenvalue weighted by molar-refractivity contribution is -0.154. The van der Waals surface area contributed by atoms with E-state index in [1.54, 1.807) is 0 Å². The van der Waals surface area contributed by atoms with Crippen LogP contribution in [0.15, 0.2) is 0 Å². The smallest absolute Gasteiger partial charge is 0.374 e. The molecule has 0 heterocycles. The fraction of sp³-hybridized carbons (Fsp3) is 0.867. The number of unbranched alkanes of at least 4 members (excludes halogenated alkanes) is 5. The fourth-order valence-corrected chi connectivity index (χ4v) is 1.64. The second kappa shape index (κ2) is 11.2. The number of rotatable bonds is 11. The molecular weight excluding hydrogens is 228 g/mol. The van der Waals surface area contributed by atoms with Crippen molar-refractivity contribution in [3.63, 3.8) is 0 Å². The Labute approximate surface area is 111 Å². The van der Waals surface area contributed by atoms with Gasteiger partial charge in [0.1, 0.15) is 0 Å². The first-order chi connectivity index (χ1) is 8.57. The van der Waals surface area contributed by atoms with Gasteiger partial charge in [-0.1, -0.05) is 52.9 Å². The molecule has 0 aliphatic rings. The lowest BCUT2D eigenvalue weighted by Crippen LogP contribution is -2.18. The summed E-state index contributed by atoms with van der Waals surface area (Å²) in [4.78, 5) is 22.8. The summed E-state index contributed by atoms with van der Waals surface area (Å²) in [6.07, 6.45) is 7.86. The van der Waals surface area contributed by atoms with Crippen LogP contribution in [0.1, 0.15) is 72.1 Å². The molecule has 0 aromatic rings. The highest BCUT2D eigenvalue weighted by Crippen LogP contribution is 2.07. The highest BCUT2D eigenvalue weighted by atomic mass is 16.5. The zero-order valence-electron chi connectivity index (χ0n) is 12.2. The summed E-state index contributed by atoms with van der Waals surface area (Å²) in [5, 5.41) is 0. The van der Waals surface area contributed by atoms with E-state index in [0.717, 1.165) is 25.7 Å². The van der Waals surface area contributed by atoms with E-state index in [-0.39, 0.29) is 5.78 Å². The Balaban J connectivity index is 3.47. The van der Waals surface area contributed by atoms with Crippen molar-refractivity contribution in [2.45, 2.75) is 72.1 Å². The predicted octanol–water partition coefficient (Wildman–Crippen LogP) is 3.90. The summed E-state index contributed by atoms with van der Waals surface area (Å²) in [6, 6.07) is 0. The van der Waals surface area contributed by atoms with Crippen LogP contribution in [0.25, 0.3) is 0 Å². The third-order valence-corrected chi connectivity index (χ3v) is 2.91. The molecule has 0 aliphatic heterocycles. The van der Waals surface area contributed by atoms with Crippen molar-refractivity contribution in [3.05, 3.63) is 0 Å². The molecule has 0 radical (unpaired) electrons. The number of ether oxygens (including phenoxy) is 1. The van der Waals surface area contributed by atoms with Crippen molar-refractivity contribution in [2.24, 2.45) is 5.92 Å². The number of esters is 1. The van der Waals surface area contributed by atoms with E-state index < -0.39 is 5.97 Å². The average molecular weight is 256 g/mol. The van der Waals surface area contributed by atoms with Crippen molar-refractivity contribution in [1.29, 1.82) is 0 Å². The number of ketones is 1. The number of Topliss-reactive ketones (excluding diaryl/α,β-unsaturated/α-hetero) is 1. The predicted molar refractivity (Wildman–Crippen MR) is 73.4 cm³/mol. The first-order valence-electron chi connectivity index (χ1n) is 7.27. The highest BCUT2D eigenvalue weighted by molar-refractivity contribution is 6.33. The summed E-state index contributed by atoms with van der Waals surface area (Å²) in [5.41, 5.74) is 0. The second-order valence-electron chi connectivity index (χ2n) is 5.26. The third-order valence-electron chi connectivity index (χ3n) is 2.91. The maximum atomic E-state index is 11.4. The Morgan fingerprint density at radius 3 is 2.22 bits per heavy atom. The van der Waals surface area contributed by atoms with E-state index >= 15 is 0 Å². The molecule has 3 nitrogen and oxygen atoms in total. The fourth-order valence-electron chi connectivity index (χ4n) is 1.64. The average Bonchev–Trinajstić information content (AvgIpc) is 2.32. The molecule has 18 heavy (non-hydrogen) atoms. The van der Waals surface area contributed by atoms with Gasteiger partial charge in [0.2, 0.25) is 5.78 Å². The minimum atomic E-state index is -0.649. The molecule has 0 aliphatic carbocycles. The molecule has 0 N–H and O–H groups in total. The van der Waals surface area contributed by atoms with E-state index in [0.29, 0.717) is 18.9 Å². The molecule has 0 saturated heterocycles. The van der Waals surface area contributed by atoms with Crippen LogP contribution >= 0.6 is 0 Å². The van der Waals surface area contributed by atoms with Gasteiger partial charge in [0.25, 0.3) is 0 Å². The maximum absolute atomic E-state index is 11.4. The molecule has 0 aromatic heterocycles. The number of hydrogen-bond acceptors (Lipinski definition) is 3. The zero-order chi connectivity index (χ0) is 13.8. The van der Waals surface area contributed by atoms with Gasteiger partial charge in [-0.05, 0) is 18.8 Å². The van der Waals surface area contributed by atoms with Crippen molar-refractivity contribution in [2.75, 3.05) is 6.61 Å². The lowest BCUT2D eigenvalue weighted by Gasteiger charge is -2.06. The highest BCUT2D eigenvalue weighted by Gasteiger charge is 2.14. The maximum Gasteiger partial charge on any atom is 0.374 e. The largest absolute Gasteiger partial charge is 0.460 e. The van der Waals surface area contributed by atoms with Crippen LogP contribution in [0.3, 0.4) is 0 Å². The Morgan fingerprint density at radius 1 is 1.00 bits per heavy atom. The molecular formula is C15H28O3. The molecule has 0 saturated carbocycles. The standard InChI is InChI=1S/C15H28O3/c1-4-5-6-7-8-9-10-14(16)15(17)18-12-11-13(2)3/h13H,4-12H2,1-3H3. The first-order valence-corrected chi connectivity index (χ1v) is 7.27. The molecule has 0 bridgehead atoms. The van der Waals surface area contributed by atoms with Gasteiger partial charge in [0.15, 0.2) is 0 Å². The molecule has 0 rings (SSSR count). The van der Waals surface area contributed by atoms with Crippen LogP contribution in [0.4, 0.5) is 0 Å². The Bertz CT molecular complexity index is 234. The van der Waals surface area contributed by atoms with E-state index in [1.807, 2.05) is 0 Å². The Morgan fingerprint density at radius 2 is 1.61 bits per heavy atom. The number of carbonyl (C=O) groups is 2. The minimum absolute atomic E-state index is 0.340. The molecule has 0 amide bonds. The molecule has 0 aromatic carbocycles. The van der Waals surface area contributed by atoms with Crippen LogP contribution in [0.2, 0.25) is 0 Å². The second-order valence-corrected chi connectivity index (χ2v) is 5.26. The van der Waals surface area contributed by atoms with Gasteiger partial charge in [-0.15, -0.1) is 0 Å². The van der Waals surface area contributed by atoms with Gasteiger partial charge in [-0.25, -0.2) is 4.79 Å². The van der Waals surface area contributed by atoms with Crippen LogP contribution in [-0.4, -0.2) is 18.4 Å². The van der Waals surface area contributed by atoms with Crippen molar-refractivity contribution < 1.29 is 14.3 Å². The van der Waals surface area contributed by atoms with E-state index in [9.17, 15) is 9.59 Å². The van der Waals surface area contributed by atoms with Crippen LogP contribution in [0.5, 0.6) is 0 Å². The molecule has 0 fully saturated rings. The van der Waals surface area contributed by atoms with Gasteiger partial charge in [0.05, 0.1) is 6.61 Å². The van der Waals surface area contributed by atoms with Gasteiger partial charge in [0, 0.05) is 6.42 Å². The van der Waals surface area contributed by atoms with Crippen molar-refractivity contribution in [3.8, 4) is 0 Å². The van der Waals surface area contributed by atoms with E-state index in [4.69, 9.17) is 4.74 Å². The molecule has 3 heteroatoms. The summed E-state index contributed by atoms with van der Waals surface area (Å²) < 4.78 is 4.92. The first kappa shape index (κ1) is 17.1. The summed E-state index contributed by atoms with van der Waals surface area (Å²) in [7, 11) is 0. The normalized spacial score (nSPS) is 10.7. The van der Waals surface area contributed by atoms with Crippen molar-refractivity contribution >= 4 is 11.8 Å². The number of hydrogen-bond donors (Lipinski definition) is 0. The van der Waals surface area contributed by atoms with Crippen molar-refractivity contribution in [1.82, 2.24) is 0 Å². The van der Waals surface area contributed by atoms with Gasteiger partial charge in [-0.3, -0.25) is 4.79 Å². The quantitative estimate of drug-likeness (QED) is 0.320. The monoisotopic (exact) mass is 256 g/mol. The third kappa shape index (κ3) is 10.3. The molecule has 0 spiro atoms. The van der Waals surface area contributed by atoms with Crippen LogP contribution in [-0.2, 0) is 14.3 Å². The SMILES string of the molecule is CCCCCCCCC(=O)C(=O)OCCC(C)C. The van der Waals surface area contributed by atoms with E-state index in [1.165, 1.54) is 19.3 Å². The molecule has 0 unspecified atom stereocenters. The van der Waals surface area contributed by atoms with Gasteiger partial charge in [-0.2, -0.15) is 0 Å². The Kier molecular flexibility index (Phi) is 10.7. The summed E-state index contributed by atoms with van der Waals surface area (Å²) in [6.45, 7) is 6.66. The Hall–Kier alpha value is -0.860. The van der Waals surface area contributed by atoms with Crippen LogP contribution in [0, 0.1) is 5.92 Å². The summed E-state index contributed by atoms with van der Waals surface area (Å²) in [5.74, 6) is -0.523. The lowest BCUT2D eigenvalue weighted by atomic mass is 10.1. The van der Waals surface area contributed by atoms with E-state index in [2.05, 4.69) is 20.8 Å². The number of carbonyl (C=O) groups excluding carboxylic acids is 2. The minimum Gasteiger partial charge on any atom is -0.460 e. The van der Waals surface area contributed by atoms with Crippen LogP contribution < -0.4 is 0 Å². The topological polar surface area (TPSA) is 43.4 Å². The van der Waals surface area contributed by atoms with Gasteiger partial charge >= 0.3 is 5.97 Å². The molecule has 106 valence electrons. The summed E-state index contributed by atoms with van der Waals surface area (Å²) >= 11 is 0. The zero-order valence-corrected chi connectivity index (χ0v) is 12.2. The molecule has 0 atom stereocenters.